The Bertz CT molecular complexity index is 612. The number of likely N-dealkylation sites (tertiary alicyclic amines) is 2. The summed E-state index contributed by atoms with van der Waals surface area (Å²) in [6, 6.07) is 0.408. The Kier molecular flexibility index (Phi) is 4.14. The fraction of sp³-hybridized carbons (Fsp3) is 0.688. The molecule has 7 heteroatoms. The predicted molar refractivity (Wildman–Crippen MR) is 83.9 cm³/mol. The van der Waals surface area contributed by atoms with Crippen LogP contribution in [0.1, 0.15) is 36.4 Å². The van der Waals surface area contributed by atoms with E-state index in [1.165, 1.54) is 6.20 Å². The summed E-state index contributed by atoms with van der Waals surface area (Å²) in [4.78, 5) is 28.9. The molecule has 126 valence electrons. The number of carbonyl (C=O) groups excluding carboxylic acids is 2. The van der Waals surface area contributed by atoms with E-state index >= 15 is 0 Å². The summed E-state index contributed by atoms with van der Waals surface area (Å²) in [6.07, 6.45) is 2.29. The fourth-order valence-corrected chi connectivity index (χ4v) is 4.06. The minimum absolute atomic E-state index is 0.0293. The Balaban J connectivity index is 1.76. The molecular formula is C16H24N4O3. The fourth-order valence-electron chi connectivity index (χ4n) is 4.06. The van der Waals surface area contributed by atoms with Gasteiger partial charge in [-0.05, 0) is 33.1 Å². The molecule has 3 rings (SSSR count). The van der Waals surface area contributed by atoms with Crippen LogP contribution in [0.2, 0.25) is 0 Å². The smallest absolute Gasteiger partial charge is 0.259 e. The van der Waals surface area contributed by atoms with E-state index in [9.17, 15) is 9.59 Å². The molecule has 3 atom stereocenters. The van der Waals surface area contributed by atoms with E-state index in [1.54, 1.807) is 14.0 Å². The minimum Gasteiger partial charge on any atom is -0.361 e. The standard InChI is InChI=1S/C16H24N4O3/c1-9(2)20-13(15(21)17-4)5-11-7-19(8-14(11)20)16(22)12-6-18-23-10(12)3/h6,9,11,13-14H,5,7-8H2,1-4H3,(H,17,21)/t11-,13-,14+/m1/s1. The van der Waals surface area contributed by atoms with Gasteiger partial charge in [0.1, 0.15) is 11.3 Å². The molecule has 1 aromatic rings. The highest BCUT2D eigenvalue weighted by atomic mass is 16.5. The lowest BCUT2D eigenvalue weighted by Gasteiger charge is -2.33. The monoisotopic (exact) mass is 320 g/mol. The molecule has 7 nitrogen and oxygen atoms in total. The van der Waals surface area contributed by atoms with E-state index in [1.807, 2.05) is 4.90 Å². The van der Waals surface area contributed by atoms with E-state index in [2.05, 4.69) is 29.2 Å². The van der Waals surface area contributed by atoms with Gasteiger partial charge in [0.15, 0.2) is 0 Å². The van der Waals surface area contributed by atoms with E-state index in [0.29, 0.717) is 30.3 Å². The van der Waals surface area contributed by atoms with Gasteiger partial charge in [-0.15, -0.1) is 0 Å². The third-order valence-corrected chi connectivity index (χ3v) is 5.09. The van der Waals surface area contributed by atoms with Crippen LogP contribution in [-0.2, 0) is 4.79 Å². The number of aryl methyl sites for hydroxylation is 1. The maximum absolute atomic E-state index is 12.6. The van der Waals surface area contributed by atoms with Gasteiger partial charge < -0.3 is 14.7 Å². The highest BCUT2D eigenvalue weighted by Gasteiger charge is 2.50. The van der Waals surface area contributed by atoms with Crippen LogP contribution < -0.4 is 5.32 Å². The van der Waals surface area contributed by atoms with Crippen molar-refractivity contribution in [3.05, 3.63) is 17.5 Å². The van der Waals surface area contributed by atoms with Crippen LogP contribution in [0, 0.1) is 12.8 Å². The Hall–Kier alpha value is -1.89. The van der Waals surface area contributed by atoms with Crippen LogP contribution in [0.4, 0.5) is 0 Å². The molecule has 0 unspecified atom stereocenters. The summed E-state index contributed by atoms with van der Waals surface area (Å²) in [5.74, 6) is 0.930. The van der Waals surface area contributed by atoms with Gasteiger partial charge in [0, 0.05) is 32.2 Å². The van der Waals surface area contributed by atoms with Crippen LogP contribution in [0.15, 0.2) is 10.7 Å². The molecule has 0 spiro atoms. The van der Waals surface area contributed by atoms with Crippen LogP contribution >= 0.6 is 0 Å². The molecule has 3 heterocycles. The van der Waals surface area contributed by atoms with Crippen molar-refractivity contribution in [1.82, 2.24) is 20.3 Å². The van der Waals surface area contributed by atoms with Gasteiger partial charge in [0.05, 0.1) is 12.2 Å². The number of hydrogen-bond donors (Lipinski definition) is 1. The number of rotatable bonds is 3. The largest absolute Gasteiger partial charge is 0.361 e. The molecule has 2 aliphatic rings. The zero-order valence-electron chi connectivity index (χ0n) is 14.1. The Morgan fingerprint density at radius 2 is 2.13 bits per heavy atom. The first-order valence-electron chi connectivity index (χ1n) is 8.13. The first-order chi connectivity index (χ1) is 10.9. The third kappa shape index (κ3) is 2.63. The molecule has 2 amide bonds. The van der Waals surface area contributed by atoms with Gasteiger partial charge in [-0.3, -0.25) is 14.5 Å². The van der Waals surface area contributed by atoms with Crippen molar-refractivity contribution in [2.24, 2.45) is 5.92 Å². The molecule has 0 radical (unpaired) electrons. The average molecular weight is 320 g/mol. The van der Waals surface area contributed by atoms with Crippen LogP contribution in [0.25, 0.3) is 0 Å². The van der Waals surface area contributed by atoms with Crippen LogP contribution in [0.5, 0.6) is 0 Å². The van der Waals surface area contributed by atoms with Gasteiger partial charge in [-0.1, -0.05) is 5.16 Å². The molecule has 1 N–H and O–H groups in total. The van der Waals surface area contributed by atoms with Crippen LogP contribution in [-0.4, -0.2) is 65.0 Å². The molecule has 1 aromatic heterocycles. The number of hydrogen-bond acceptors (Lipinski definition) is 5. The number of aromatic nitrogens is 1. The van der Waals surface area contributed by atoms with Crippen molar-refractivity contribution in [3.8, 4) is 0 Å². The van der Waals surface area contributed by atoms with Crippen molar-refractivity contribution in [2.45, 2.75) is 45.3 Å². The van der Waals surface area contributed by atoms with E-state index in [4.69, 9.17) is 4.52 Å². The molecule has 0 saturated carbocycles. The highest BCUT2D eigenvalue weighted by molar-refractivity contribution is 5.95. The van der Waals surface area contributed by atoms with E-state index in [0.717, 1.165) is 6.42 Å². The number of nitrogens with one attached hydrogen (secondary N) is 1. The molecule has 2 aliphatic heterocycles. The Morgan fingerprint density at radius 1 is 1.39 bits per heavy atom. The molecule has 2 saturated heterocycles. The maximum atomic E-state index is 12.6. The van der Waals surface area contributed by atoms with Gasteiger partial charge in [-0.25, -0.2) is 0 Å². The quantitative estimate of drug-likeness (QED) is 0.885. The average Bonchev–Trinajstić information content (AvgIpc) is 3.18. The highest BCUT2D eigenvalue weighted by Crippen LogP contribution is 2.37. The van der Waals surface area contributed by atoms with Gasteiger partial charge in [0.2, 0.25) is 5.91 Å². The van der Waals surface area contributed by atoms with Gasteiger partial charge >= 0.3 is 0 Å². The van der Waals surface area contributed by atoms with Crippen molar-refractivity contribution >= 4 is 11.8 Å². The Labute approximate surface area is 136 Å². The van der Waals surface area contributed by atoms with E-state index < -0.39 is 0 Å². The minimum atomic E-state index is -0.0930. The Morgan fingerprint density at radius 3 is 2.70 bits per heavy atom. The van der Waals surface area contributed by atoms with Crippen molar-refractivity contribution < 1.29 is 14.1 Å². The lowest BCUT2D eigenvalue weighted by Crippen LogP contribution is -2.50. The number of likely N-dealkylation sites (N-methyl/N-ethyl adjacent to an activating group) is 1. The first-order valence-corrected chi connectivity index (χ1v) is 8.13. The third-order valence-electron chi connectivity index (χ3n) is 5.09. The summed E-state index contributed by atoms with van der Waals surface area (Å²) in [7, 11) is 1.68. The summed E-state index contributed by atoms with van der Waals surface area (Å²) in [6.45, 7) is 7.30. The summed E-state index contributed by atoms with van der Waals surface area (Å²) < 4.78 is 5.00. The second kappa shape index (κ2) is 5.96. The molecule has 23 heavy (non-hydrogen) atoms. The second-order valence-corrected chi connectivity index (χ2v) is 6.74. The lowest BCUT2D eigenvalue weighted by molar-refractivity contribution is -0.126. The normalized spacial score (nSPS) is 27.5. The maximum Gasteiger partial charge on any atom is 0.259 e. The zero-order chi connectivity index (χ0) is 16.7. The molecule has 0 aliphatic carbocycles. The SMILES string of the molecule is CNC(=O)[C@H]1C[C@@H]2CN(C(=O)c3cnoc3C)C[C@@H]2N1C(C)C. The van der Waals surface area contributed by atoms with Gasteiger partial charge in [0.25, 0.3) is 5.91 Å². The second-order valence-electron chi connectivity index (χ2n) is 6.74. The van der Waals surface area contributed by atoms with Crippen molar-refractivity contribution in [2.75, 3.05) is 20.1 Å². The topological polar surface area (TPSA) is 78.7 Å². The first kappa shape index (κ1) is 16.0. The lowest BCUT2D eigenvalue weighted by atomic mass is 10.0. The summed E-state index contributed by atoms with van der Waals surface area (Å²) in [5.41, 5.74) is 0.531. The number of fused-ring (bicyclic) bond motifs is 1. The van der Waals surface area contributed by atoms with Crippen molar-refractivity contribution in [1.29, 1.82) is 0 Å². The molecular weight excluding hydrogens is 296 g/mol. The summed E-state index contributed by atoms with van der Waals surface area (Å²) in [5, 5.41) is 6.45. The predicted octanol–water partition coefficient (Wildman–Crippen LogP) is 0.652. The van der Waals surface area contributed by atoms with Crippen LogP contribution in [0.3, 0.4) is 0 Å². The molecule has 2 fully saturated rings. The number of carbonyl (C=O) groups is 2. The number of amides is 2. The van der Waals surface area contributed by atoms with Crippen molar-refractivity contribution in [3.63, 3.8) is 0 Å². The van der Waals surface area contributed by atoms with Gasteiger partial charge in [-0.2, -0.15) is 0 Å². The number of nitrogens with zero attached hydrogens (tertiary/aromatic N) is 3. The molecule has 0 bridgehead atoms. The summed E-state index contributed by atoms with van der Waals surface area (Å²) >= 11 is 0. The van der Waals surface area contributed by atoms with E-state index in [-0.39, 0.29) is 29.9 Å². The molecule has 0 aromatic carbocycles. The zero-order valence-corrected chi connectivity index (χ0v) is 14.1.